The van der Waals surface area contributed by atoms with E-state index in [-0.39, 0.29) is 11.9 Å². The minimum absolute atomic E-state index is 0.129. The summed E-state index contributed by atoms with van der Waals surface area (Å²) in [5.74, 6) is 0.129. The van der Waals surface area contributed by atoms with Gasteiger partial charge in [-0.05, 0) is 30.7 Å². The van der Waals surface area contributed by atoms with Crippen LogP contribution in [-0.2, 0) is 11.3 Å². The lowest BCUT2D eigenvalue weighted by Crippen LogP contribution is -2.55. The van der Waals surface area contributed by atoms with Crippen molar-refractivity contribution in [3.05, 3.63) is 65.2 Å². The van der Waals surface area contributed by atoms with Crippen LogP contribution in [0.4, 0.5) is 5.69 Å². The van der Waals surface area contributed by atoms with Crippen LogP contribution in [0.15, 0.2) is 54.6 Å². The number of rotatable bonds is 3. The molecular formula is C18H19ClN2O. The highest BCUT2D eigenvalue weighted by Gasteiger charge is 2.32. The Labute approximate surface area is 136 Å². The number of anilines is 1. The molecule has 0 radical (unpaired) electrons. The number of carbonyl (C=O) groups excluding carboxylic acids is 1. The maximum absolute atomic E-state index is 12.7. The Balaban J connectivity index is 1.73. The molecule has 1 fully saturated rings. The van der Waals surface area contributed by atoms with Crippen molar-refractivity contribution in [3.8, 4) is 0 Å². The van der Waals surface area contributed by atoms with Gasteiger partial charge in [0.1, 0.15) is 0 Å². The lowest BCUT2D eigenvalue weighted by atomic mass is 10.1. The van der Waals surface area contributed by atoms with Gasteiger partial charge in [-0.2, -0.15) is 0 Å². The highest BCUT2D eigenvalue weighted by atomic mass is 35.5. The fourth-order valence-corrected chi connectivity index (χ4v) is 3.03. The number of hydrogen-bond acceptors (Lipinski definition) is 2. The fraction of sp³-hybridized carbons (Fsp3) is 0.278. The van der Waals surface area contributed by atoms with E-state index in [4.69, 9.17) is 11.6 Å². The Bertz CT molecular complexity index is 659. The summed E-state index contributed by atoms with van der Waals surface area (Å²) in [5.41, 5.74) is 2.11. The number of amides is 1. The topological polar surface area (TPSA) is 23.6 Å². The summed E-state index contributed by atoms with van der Waals surface area (Å²) < 4.78 is 0. The van der Waals surface area contributed by atoms with Gasteiger partial charge in [0.15, 0.2) is 0 Å². The molecule has 1 aliphatic rings. The standard InChI is InChI=1S/C18H19ClN2O/c1-14-18(22)21(17-9-5-8-16(19)12-17)11-10-20(14)13-15-6-3-2-4-7-15/h2-9,12,14H,10-11,13H2,1H3. The van der Waals surface area contributed by atoms with Gasteiger partial charge in [-0.3, -0.25) is 9.69 Å². The van der Waals surface area contributed by atoms with Crippen LogP contribution in [0.3, 0.4) is 0 Å². The first-order valence-corrected chi connectivity index (χ1v) is 7.88. The van der Waals surface area contributed by atoms with Gasteiger partial charge in [0.05, 0.1) is 6.04 Å². The second kappa shape index (κ2) is 6.51. The van der Waals surface area contributed by atoms with Crippen LogP contribution in [0.25, 0.3) is 0 Å². The van der Waals surface area contributed by atoms with E-state index in [1.165, 1.54) is 5.56 Å². The van der Waals surface area contributed by atoms with Crippen molar-refractivity contribution in [2.45, 2.75) is 19.5 Å². The van der Waals surface area contributed by atoms with Crippen LogP contribution in [0.2, 0.25) is 5.02 Å². The van der Waals surface area contributed by atoms with E-state index in [1.54, 1.807) is 0 Å². The van der Waals surface area contributed by atoms with Gasteiger partial charge in [0.25, 0.3) is 0 Å². The molecule has 0 bridgehead atoms. The van der Waals surface area contributed by atoms with Gasteiger partial charge in [0.2, 0.25) is 5.91 Å². The van der Waals surface area contributed by atoms with Gasteiger partial charge in [-0.1, -0.05) is 48.0 Å². The zero-order valence-electron chi connectivity index (χ0n) is 12.6. The Hall–Kier alpha value is -1.84. The molecule has 114 valence electrons. The van der Waals surface area contributed by atoms with Crippen molar-refractivity contribution < 1.29 is 4.79 Å². The van der Waals surface area contributed by atoms with Gasteiger partial charge in [-0.15, -0.1) is 0 Å². The summed E-state index contributed by atoms with van der Waals surface area (Å²) in [7, 11) is 0. The van der Waals surface area contributed by atoms with E-state index in [0.29, 0.717) is 11.6 Å². The fourth-order valence-electron chi connectivity index (χ4n) is 2.85. The number of nitrogens with zero attached hydrogens (tertiary/aromatic N) is 2. The molecule has 2 aromatic carbocycles. The van der Waals surface area contributed by atoms with E-state index >= 15 is 0 Å². The summed E-state index contributed by atoms with van der Waals surface area (Å²) in [6.45, 7) is 4.32. The Morgan fingerprint density at radius 1 is 1.09 bits per heavy atom. The van der Waals surface area contributed by atoms with E-state index < -0.39 is 0 Å². The maximum atomic E-state index is 12.7. The van der Waals surface area contributed by atoms with E-state index in [1.807, 2.05) is 54.3 Å². The lowest BCUT2D eigenvalue weighted by molar-refractivity contribution is -0.125. The zero-order valence-corrected chi connectivity index (χ0v) is 13.3. The molecule has 0 saturated carbocycles. The van der Waals surface area contributed by atoms with Crippen molar-refractivity contribution >= 4 is 23.2 Å². The maximum Gasteiger partial charge on any atom is 0.244 e. The minimum Gasteiger partial charge on any atom is -0.310 e. The predicted octanol–water partition coefficient (Wildman–Crippen LogP) is 3.58. The Morgan fingerprint density at radius 3 is 2.59 bits per heavy atom. The summed E-state index contributed by atoms with van der Waals surface area (Å²) in [5, 5.41) is 0.657. The quantitative estimate of drug-likeness (QED) is 0.864. The third-order valence-corrected chi connectivity index (χ3v) is 4.37. The molecule has 1 amide bonds. The van der Waals surface area contributed by atoms with Crippen LogP contribution >= 0.6 is 11.6 Å². The molecule has 3 nitrogen and oxygen atoms in total. The van der Waals surface area contributed by atoms with E-state index in [9.17, 15) is 4.79 Å². The number of piperazine rings is 1. The van der Waals surface area contributed by atoms with Crippen molar-refractivity contribution in [1.29, 1.82) is 0 Å². The normalized spacial score (nSPS) is 19.5. The van der Waals surface area contributed by atoms with E-state index in [2.05, 4.69) is 17.0 Å². The van der Waals surface area contributed by atoms with Crippen molar-refractivity contribution in [1.82, 2.24) is 4.90 Å². The zero-order chi connectivity index (χ0) is 15.5. The summed E-state index contributed by atoms with van der Waals surface area (Å²) in [6.07, 6.45) is 0. The molecule has 0 aromatic heterocycles. The molecule has 3 rings (SSSR count). The molecule has 1 aliphatic heterocycles. The van der Waals surface area contributed by atoms with Gasteiger partial charge < -0.3 is 4.90 Å². The average molecular weight is 315 g/mol. The Morgan fingerprint density at radius 2 is 1.86 bits per heavy atom. The van der Waals surface area contributed by atoms with Gasteiger partial charge >= 0.3 is 0 Å². The highest BCUT2D eigenvalue weighted by Crippen LogP contribution is 2.24. The van der Waals surface area contributed by atoms with Crippen LogP contribution in [0, 0.1) is 0 Å². The lowest BCUT2D eigenvalue weighted by Gasteiger charge is -2.39. The second-order valence-corrected chi connectivity index (χ2v) is 6.04. The first kappa shape index (κ1) is 15.1. The summed E-state index contributed by atoms with van der Waals surface area (Å²) in [4.78, 5) is 16.7. The molecule has 1 saturated heterocycles. The van der Waals surface area contributed by atoms with E-state index in [0.717, 1.165) is 18.8 Å². The molecule has 1 unspecified atom stereocenters. The van der Waals surface area contributed by atoms with Crippen LogP contribution in [0.1, 0.15) is 12.5 Å². The first-order valence-electron chi connectivity index (χ1n) is 7.50. The number of hydrogen-bond donors (Lipinski definition) is 0. The van der Waals surface area contributed by atoms with Crippen LogP contribution in [0.5, 0.6) is 0 Å². The van der Waals surface area contributed by atoms with Gasteiger partial charge in [0, 0.05) is 30.3 Å². The minimum atomic E-state index is -0.132. The average Bonchev–Trinajstić information content (AvgIpc) is 2.53. The van der Waals surface area contributed by atoms with Crippen LogP contribution in [-0.4, -0.2) is 29.9 Å². The smallest absolute Gasteiger partial charge is 0.244 e. The molecule has 2 aromatic rings. The summed E-state index contributed by atoms with van der Waals surface area (Å²) in [6, 6.07) is 17.6. The Kier molecular flexibility index (Phi) is 4.46. The highest BCUT2D eigenvalue weighted by molar-refractivity contribution is 6.30. The molecule has 0 N–H and O–H groups in total. The molecule has 1 heterocycles. The van der Waals surface area contributed by atoms with Gasteiger partial charge in [-0.25, -0.2) is 0 Å². The number of benzene rings is 2. The molecule has 0 spiro atoms. The first-order chi connectivity index (χ1) is 10.6. The third-order valence-electron chi connectivity index (χ3n) is 4.13. The van der Waals surface area contributed by atoms with Crippen LogP contribution < -0.4 is 4.90 Å². The predicted molar refractivity (Wildman–Crippen MR) is 90.1 cm³/mol. The molecular weight excluding hydrogens is 296 g/mol. The molecule has 4 heteroatoms. The molecule has 22 heavy (non-hydrogen) atoms. The largest absolute Gasteiger partial charge is 0.310 e. The number of halogens is 1. The monoisotopic (exact) mass is 314 g/mol. The molecule has 0 aliphatic carbocycles. The summed E-state index contributed by atoms with van der Waals surface area (Å²) >= 11 is 6.04. The second-order valence-electron chi connectivity index (χ2n) is 5.60. The third kappa shape index (κ3) is 3.16. The van der Waals surface area contributed by atoms with Crippen molar-refractivity contribution in [3.63, 3.8) is 0 Å². The molecule has 1 atom stereocenters. The number of carbonyl (C=O) groups is 1. The van der Waals surface area contributed by atoms with Crippen molar-refractivity contribution in [2.24, 2.45) is 0 Å². The SMILES string of the molecule is CC1C(=O)N(c2cccc(Cl)c2)CCN1Cc1ccccc1. The van der Waals surface area contributed by atoms with Crippen molar-refractivity contribution in [2.75, 3.05) is 18.0 Å².